The van der Waals surface area contributed by atoms with Crippen LogP contribution in [0.3, 0.4) is 0 Å². The fraction of sp³-hybridized carbons (Fsp3) is 0.700. The van der Waals surface area contributed by atoms with Crippen molar-refractivity contribution < 1.29 is 9.09 Å². The SMILES string of the molecule is CCCCN[P@](=O)(O[C@@H]1C[C@H](C)CC[C@H]1C(C)C)c1ccccc1. The van der Waals surface area contributed by atoms with Gasteiger partial charge in [-0.15, -0.1) is 0 Å². The second-order valence-electron chi connectivity index (χ2n) is 7.62. The van der Waals surface area contributed by atoms with Crippen LogP contribution in [0.5, 0.6) is 0 Å². The molecule has 0 aromatic heterocycles. The van der Waals surface area contributed by atoms with Gasteiger partial charge >= 0.3 is 0 Å². The summed E-state index contributed by atoms with van der Waals surface area (Å²) >= 11 is 0. The monoisotopic (exact) mass is 351 g/mol. The normalized spacial score (nSPS) is 27.1. The molecule has 0 bridgehead atoms. The van der Waals surface area contributed by atoms with Crippen LogP contribution >= 0.6 is 7.52 Å². The number of nitrogens with one attached hydrogen (secondary N) is 1. The smallest absolute Gasteiger partial charge is 0.299 e. The molecule has 0 unspecified atom stereocenters. The van der Waals surface area contributed by atoms with Crippen molar-refractivity contribution in [1.29, 1.82) is 0 Å². The van der Waals surface area contributed by atoms with Gasteiger partial charge in [0.2, 0.25) is 0 Å². The lowest BCUT2D eigenvalue weighted by molar-refractivity contribution is 0.0483. The first-order valence-corrected chi connectivity index (χ1v) is 11.2. The molecule has 1 aromatic carbocycles. The van der Waals surface area contributed by atoms with Gasteiger partial charge in [-0.25, -0.2) is 5.09 Å². The van der Waals surface area contributed by atoms with E-state index in [-0.39, 0.29) is 6.10 Å². The van der Waals surface area contributed by atoms with Gasteiger partial charge in [0, 0.05) is 6.54 Å². The van der Waals surface area contributed by atoms with E-state index in [1.807, 2.05) is 30.3 Å². The summed E-state index contributed by atoms with van der Waals surface area (Å²) in [5.74, 6) is 1.69. The molecule has 24 heavy (non-hydrogen) atoms. The van der Waals surface area contributed by atoms with Crippen molar-refractivity contribution in [2.45, 2.75) is 65.9 Å². The Balaban J connectivity index is 2.21. The topological polar surface area (TPSA) is 38.3 Å². The lowest BCUT2D eigenvalue weighted by Gasteiger charge is -2.39. The van der Waals surface area contributed by atoms with Crippen molar-refractivity contribution in [3.63, 3.8) is 0 Å². The van der Waals surface area contributed by atoms with Crippen LogP contribution in [0.1, 0.15) is 59.8 Å². The van der Waals surface area contributed by atoms with Gasteiger partial charge in [-0.1, -0.05) is 58.7 Å². The van der Waals surface area contributed by atoms with Crippen molar-refractivity contribution in [3.05, 3.63) is 30.3 Å². The highest BCUT2D eigenvalue weighted by molar-refractivity contribution is 7.65. The molecule has 0 heterocycles. The van der Waals surface area contributed by atoms with Gasteiger partial charge in [-0.3, -0.25) is 4.57 Å². The highest BCUT2D eigenvalue weighted by atomic mass is 31.2. The van der Waals surface area contributed by atoms with E-state index in [0.29, 0.717) is 17.8 Å². The molecule has 1 fully saturated rings. The third-order valence-electron chi connectivity index (χ3n) is 5.19. The van der Waals surface area contributed by atoms with Crippen LogP contribution in [0.2, 0.25) is 0 Å². The molecule has 3 nitrogen and oxygen atoms in total. The lowest BCUT2D eigenvalue weighted by atomic mass is 9.75. The number of benzene rings is 1. The zero-order chi connectivity index (χ0) is 17.6. The van der Waals surface area contributed by atoms with Crippen LogP contribution < -0.4 is 10.4 Å². The summed E-state index contributed by atoms with van der Waals surface area (Å²) in [4.78, 5) is 0. The molecular weight excluding hydrogens is 317 g/mol. The van der Waals surface area contributed by atoms with E-state index in [1.54, 1.807) is 0 Å². The predicted molar refractivity (Wildman–Crippen MR) is 103 cm³/mol. The molecule has 4 atom stereocenters. The van der Waals surface area contributed by atoms with Gasteiger partial charge < -0.3 is 4.52 Å². The molecule has 1 N–H and O–H groups in total. The molecular formula is C20H34NO2P. The molecule has 1 aromatic rings. The molecule has 136 valence electrons. The minimum Gasteiger partial charge on any atom is -0.311 e. The Morgan fingerprint density at radius 2 is 1.96 bits per heavy atom. The van der Waals surface area contributed by atoms with Crippen LogP contribution in [0, 0.1) is 17.8 Å². The second kappa shape index (κ2) is 9.17. The van der Waals surface area contributed by atoms with Gasteiger partial charge in [0.25, 0.3) is 7.52 Å². The summed E-state index contributed by atoms with van der Waals surface area (Å²) in [5, 5.41) is 4.06. The van der Waals surface area contributed by atoms with E-state index >= 15 is 0 Å². The van der Waals surface area contributed by atoms with Gasteiger partial charge in [0.1, 0.15) is 0 Å². The Bertz CT molecular complexity index is 532. The molecule has 1 saturated carbocycles. The minimum atomic E-state index is -3.02. The molecule has 2 rings (SSSR count). The fourth-order valence-corrected chi connectivity index (χ4v) is 5.66. The van der Waals surface area contributed by atoms with Gasteiger partial charge in [0.15, 0.2) is 0 Å². The summed E-state index contributed by atoms with van der Waals surface area (Å²) < 4.78 is 20.1. The van der Waals surface area contributed by atoms with E-state index in [4.69, 9.17) is 4.52 Å². The molecule has 0 aliphatic heterocycles. The van der Waals surface area contributed by atoms with Crippen molar-refractivity contribution in [2.75, 3.05) is 6.54 Å². The highest BCUT2D eigenvalue weighted by Gasteiger charge is 2.37. The Kier molecular flexibility index (Phi) is 7.53. The quantitative estimate of drug-likeness (QED) is 0.505. The molecule has 0 spiro atoms. The number of unbranched alkanes of at least 4 members (excludes halogenated alkanes) is 1. The third kappa shape index (κ3) is 5.18. The zero-order valence-corrected chi connectivity index (χ0v) is 16.6. The van der Waals surface area contributed by atoms with Crippen molar-refractivity contribution >= 4 is 12.8 Å². The van der Waals surface area contributed by atoms with Gasteiger partial charge in [-0.05, 0) is 49.1 Å². The van der Waals surface area contributed by atoms with E-state index < -0.39 is 7.52 Å². The summed E-state index contributed by atoms with van der Waals surface area (Å²) in [6, 6.07) is 9.69. The van der Waals surface area contributed by atoms with Crippen molar-refractivity contribution in [3.8, 4) is 0 Å². The van der Waals surface area contributed by atoms with Crippen LogP contribution in [0.25, 0.3) is 0 Å². The van der Waals surface area contributed by atoms with E-state index in [9.17, 15) is 4.57 Å². The Labute approximate surface area is 148 Å². The Morgan fingerprint density at radius 3 is 2.58 bits per heavy atom. The van der Waals surface area contributed by atoms with Crippen LogP contribution in [-0.2, 0) is 9.09 Å². The minimum absolute atomic E-state index is 0.0777. The largest absolute Gasteiger partial charge is 0.311 e. The summed E-state index contributed by atoms with van der Waals surface area (Å²) in [6.07, 6.45) is 5.60. The number of rotatable bonds is 8. The maximum atomic E-state index is 13.7. The van der Waals surface area contributed by atoms with Crippen molar-refractivity contribution in [2.24, 2.45) is 17.8 Å². The van der Waals surface area contributed by atoms with E-state index in [2.05, 4.69) is 32.8 Å². The average Bonchev–Trinajstić information content (AvgIpc) is 2.55. The van der Waals surface area contributed by atoms with Crippen LogP contribution in [0.15, 0.2) is 30.3 Å². The predicted octanol–water partition coefficient (Wildman–Crippen LogP) is 5.37. The summed E-state index contributed by atoms with van der Waals surface area (Å²) in [6.45, 7) is 9.68. The van der Waals surface area contributed by atoms with Gasteiger partial charge in [0.05, 0.1) is 11.4 Å². The molecule has 0 radical (unpaired) electrons. The average molecular weight is 351 g/mol. The van der Waals surface area contributed by atoms with Gasteiger partial charge in [-0.2, -0.15) is 0 Å². The molecule has 4 heteroatoms. The van der Waals surface area contributed by atoms with E-state index in [0.717, 1.165) is 31.1 Å². The third-order valence-corrected chi connectivity index (χ3v) is 7.38. The maximum absolute atomic E-state index is 13.7. The molecule has 0 saturated heterocycles. The Hall–Kier alpha value is -0.630. The van der Waals surface area contributed by atoms with E-state index in [1.165, 1.54) is 12.8 Å². The first kappa shape index (κ1) is 19.7. The lowest BCUT2D eigenvalue weighted by Crippen LogP contribution is -2.36. The molecule has 0 amide bonds. The summed E-state index contributed by atoms with van der Waals surface area (Å²) in [5.41, 5.74) is 0. The van der Waals surface area contributed by atoms with Crippen LogP contribution in [-0.4, -0.2) is 12.6 Å². The van der Waals surface area contributed by atoms with Crippen LogP contribution in [0.4, 0.5) is 0 Å². The zero-order valence-electron chi connectivity index (χ0n) is 15.7. The highest BCUT2D eigenvalue weighted by Crippen LogP contribution is 2.48. The Morgan fingerprint density at radius 1 is 1.25 bits per heavy atom. The standard InChI is InChI=1S/C20H34NO2P/c1-5-6-14-21-24(22,18-10-8-7-9-11-18)23-20-15-17(4)12-13-19(20)16(2)3/h7-11,16-17,19-20H,5-6,12-15H2,1-4H3,(H,21,22)/t17-,19+,20-,24-/m1/s1. The van der Waals surface area contributed by atoms with Crippen molar-refractivity contribution in [1.82, 2.24) is 5.09 Å². The first-order valence-electron chi connectivity index (χ1n) is 9.55. The summed E-state index contributed by atoms with van der Waals surface area (Å²) in [7, 11) is -3.02. The maximum Gasteiger partial charge on any atom is 0.299 e. The first-order chi connectivity index (χ1) is 11.5. The fourth-order valence-electron chi connectivity index (χ4n) is 3.64. The molecule has 1 aliphatic carbocycles. The second-order valence-corrected chi connectivity index (χ2v) is 9.77. The molecule has 1 aliphatic rings. The number of hydrogen-bond donors (Lipinski definition) is 1. The number of hydrogen-bond acceptors (Lipinski definition) is 2.